The van der Waals surface area contributed by atoms with Gasteiger partial charge in [0, 0.05) is 24.3 Å². The molecule has 0 amide bonds. The smallest absolute Gasteiger partial charge is 0.137 e. The molecule has 7 rings (SSSR count). The van der Waals surface area contributed by atoms with Crippen LogP contribution in [0.5, 0.6) is 0 Å². The Morgan fingerprint density at radius 2 is 1.11 bits per heavy atom. The first-order chi connectivity index (χ1) is 17.4. The van der Waals surface area contributed by atoms with Gasteiger partial charge in [0.15, 0.2) is 0 Å². The molecule has 0 unspecified atom stereocenters. The first kappa shape index (κ1) is 19.7. The normalized spacial score (nSPS) is 11.4. The zero-order valence-corrected chi connectivity index (χ0v) is 19.0. The molecule has 3 nitrogen and oxygen atoms in total. The largest absolute Gasteiger partial charge is 0.295 e. The van der Waals surface area contributed by atoms with Gasteiger partial charge < -0.3 is 0 Å². The first-order valence-corrected chi connectivity index (χ1v) is 11.8. The topological polar surface area (TPSA) is 29.0 Å². The Kier molecular flexibility index (Phi) is 4.46. The molecule has 6 aromatic rings. The number of hydrogen-bond donors (Lipinski definition) is 0. The van der Waals surface area contributed by atoms with Crippen LogP contribution < -0.4 is 4.90 Å². The molecule has 1 aliphatic carbocycles. The SMILES string of the molecule is c1ccc(N(c2ccncc2)c2ccc(-c3ccc4c5c(cccc35)-c3ccccc3-4)cc2)nc1. The minimum absolute atomic E-state index is 0.870. The molecular weight excluding hydrogens is 426 g/mol. The van der Waals surface area contributed by atoms with E-state index in [1.54, 1.807) is 0 Å². The first-order valence-electron chi connectivity index (χ1n) is 11.8. The number of aromatic nitrogens is 2. The van der Waals surface area contributed by atoms with Crippen molar-refractivity contribution in [1.29, 1.82) is 0 Å². The van der Waals surface area contributed by atoms with Crippen LogP contribution in [0, 0.1) is 0 Å². The maximum Gasteiger partial charge on any atom is 0.137 e. The van der Waals surface area contributed by atoms with Gasteiger partial charge >= 0.3 is 0 Å². The number of nitrogens with zero attached hydrogens (tertiary/aromatic N) is 3. The van der Waals surface area contributed by atoms with Crippen LogP contribution >= 0.6 is 0 Å². The van der Waals surface area contributed by atoms with Gasteiger partial charge in [-0.3, -0.25) is 9.88 Å². The maximum atomic E-state index is 4.60. The quantitative estimate of drug-likeness (QED) is 0.271. The molecule has 164 valence electrons. The monoisotopic (exact) mass is 447 g/mol. The molecular formula is C32H21N3. The van der Waals surface area contributed by atoms with Crippen molar-refractivity contribution in [2.75, 3.05) is 4.90 Å². The van der Waals surface area contributed by atoms with Crippen molar-refractivity contribution >= 4 is 28.0 Å². The van der Waals surface area contributed by atoms with Crippen molar-refractivity contribution in [3.63, 3.8) is 0 Å². The molecule has 0 radical (unpaired) electrons. The fourth-order valence-corrected chi connectivity index (χ4v) is 5.24. The number of benzene rings is 4. The zero-order valence-electron chi connectivity index (χ0n) is 19.0. The Morgan fingerprint density at radius 3 is 1.86 bits per heavy atom. The minimum atomic E-state index is 0.870. The van der Waals surface area contributed by atoms with Gasteiger partial charge in [-0.15, -0.1) is 0 Å². The van der Waals surface area contributed by atoms with Crippen LogP contribution in [0.1, 0.15) is 0 Å². The van der Waals surface area contributed by atoms with Crippen molar-refractivity contribution in [2.24, 2.45) is 0 Å². The van der Waals surface area contributed by atoms with Crippen LogP contribution in [0.4, 0.5) is 17.2 Å². The molecule has 35 heavy (non-hydrogen) atoms. The van der Waals surface area contributed by atoms with Gasteiger partial charge in [0.05, 0.1) is 5.69 Å². The van der Waals surface area contributed by atoms with E-state index in [4.69, 9.17) is 0 Å². The number of hydrogen-bond acceptors (Lipinski definition) is 3. The van der Waals surface area contributed by atoms with Gasteiger partial charge in [0.1, 0.15) is 5.82 Å². The molecule has 0 N–H and O–H groups in total. The average Bonchev–Trinajstić information content (AvgIpc) is 3.26. The third-order valence-corrected chi connectivity index (χ3v) is 6.78. The highest BCUT2D eigenvalue weighted by Crippen LogP contribution is 2.49. The van der Waals surface area contributed by atoms with E-state index < -0.39 is 0 Å². The van der Waals surface area contributed by atoms with Crippen molar-refractivity contribution in [1.82, 2.24) is 9.97 Å². The summed E-state index contributed by atoms with van der Waals surface area (Å²) in [4.78, 5) is 10.9. The molecule has 0 saturated heterocycles. The van der Waals surface area contributed by atoms with E-state index in [1.165, 1.54) is 44.2 Å². The lowest BCUT2D eigenvalue weighted by molar-refractivity contribution is 1.17. The average molecular weight is 448 g/mol. The second kappa shape index (κ2) is 7.93. The lowest BCUT2D eigenvalue weighted by Crippen LogP contribution is -2.11. The Hall–Kier alpha value is -4.76. The summed E-state index contributed by atoms with van der Waals surface area (Å²) in [5.74, 6) is 0.870. The van der Waals surface area contributed by atoms with Gasteiger partial charge in [-0.1, -0.05) is 72.8 Å². The van der Waals surface area contributed by atoms with Crippen LogP contribution in [0.3, 0.4) is 0 Å². The molecule has 2 heterocycles. The summed E-state index contributed by atoms with van der Waals surface area (Å²) in [6.45, 7) is 0. The fraction of sp³-hybridized carbons (Fsp3) is 0. The number of anilines is 3. The molecule has 0 bridgehead atoms. The molecule has 0 aliphatic heterocycles. The fourth-order valence-electron chi connectivity index (χ4n) is 5.24. The van der Waals surface area contributed by atoms with E-state index in [1.807, 2.05) is 48.9 Å². The predicted octanol–water partition coefficient (Wildman–Crippen LogP) is 8.41. The Morgan fingerprint density at radius 1 is 0.457 bits per heavy atom. The molecule has 0 fully saturated rings. The lowest BCUT2D eigenvalue weighted by atomic mass is 9.94. The van der Waals surface area contributed by atoms with Crippen LogP contribution in [0.25, 0.3) is 44.2 Å². The molecule has 2 aromatic heterocycles. The highest BCUT2D eigenvalue weighted by molar-refractivity contribution is 6.18. The Bertz CT molecular complexity index is 1610. The molecule has 0 saturated carbocycles. The number of fused-ring (bicyclic) bond motifs is 3. The van der Waals surface area contributed by atoms with Crippen LogP contribution in [0.2, 0.25) is 0 Å². The van der Waals surface area contributed by atoms with Crippen LogP contribution in [0.15, 0.2) is 128 Å². The minimum Gasteiger partial charge on any atom is -0.295 e. The van der Waals surface area contributed by atoms with Gasteiger partial charge in [-0.05, 0) is 80.6 Å². The number of rotatable bonds is 4. The van der Waals surface area contributed by atoms with E-state index in [-0.39, 0.29) is 0 Å². The van der Waals surface area contributed by atoms with Crippen molar-refractivity contribution in [3.8, 4) is 33.4 Å². The molecule has 0 atom stereocenters. The molecule has 4 aromatic carbocycles. The Labute approximate surface area is 204 Å². The summed E-state index contributed by atoms with van der Waals surface area (Å²) in [6.07, 6.45) is 5.44. The zero-order chi connectivity index (χ0) is 23.2. The van der Waals surface area contributed by atoms with E-state index in [2.05, 4.69) is 93.7 Å². The summed E-state index contributed by atoms with van der Waals surface area (Å²) in [6, 6.07) is 38.6. The summed E-state index contributed by atoms with van der Waals surface area (Å²) < 4.78 is 0. The third-order valence-electron chi connectivity index (χ3n) is 6.78. The van der Waals surface area contributed by atoms with Crippen molar-refractivity contribution in [2.45, 2.75) is 0 Å². The van der Waals surface area contributed by atoms with Gasteiger partial charge in [0.2, 0.25) is 0 Å². The highest BCUT2D eigenvalue weighted by atomic mass is 15.2. The predicted molar refractivity (Wildman–Crippen MR) is 144 cm³/mol. The Balaban J connectivity index is 1.34. The van der Waals surface area contributed by atoms with Crippen molar-refractivity contribution < 1.29 is 0 Å². The second-order valence-electron chi connectivity index (χ2n) is 8.71. The molecule has 0 spiro atoms. The molecule has 1 aliphatic rings. The lowest BCUT2D eigenvalue weighted by Gasteiger charge is -2.24. The van der Waals surface area contributed by atoms with Crippen LogP contribution in [-0.4, -0.2) is 9.97 Å². The van der Waals surface area contributed by atoms with Crippen LogP contribution in [-0.2, 0) is 0 Å². The molecule has 3 heteroatoms. The van der Waals surface area contributed by atoms with E-state index in [0.29, 0.717) is 0 Å². The standard InChI is InChI=1S/C32H21N3/c1-2-7-27-26(6-1)29-9-5-8-28-25(15-16-30(27)32(28)29)22-11-13-23(14-12-22)35(24-17-20-33-21-18-24)31-10-3-4-19-34-31/h1-21H. The number of pyridine rings is 2. The third kappa shape index (κ3) is 3.13. The van der Waals surface area contributed by atoms with E-state index >= 15 is 0 Å². The maximum absolute atomic E-state index is 4.60. The highest BCUT2D eigenvalue weighted by Gasteiger charge is 2.22. The second-order valence-corrected chi connectivity index (χ2v) is 8.71. The summed E-state index contributed by atoms with van der Waals surface area (Å²) in [5.41, 5.74) is 9.82. The van der Waals surface area contributed by atoms with Gasteiger partial charge in [0.25, 0.3) is 0 Å². The van der Waals surface area contributed by atoms with Gasteiger partial charge in [-0.25, -0.2) is 4.98 Å². The van der Waals surface area contributed by atoms with Gasteiger partial charge in [-0.2, -0.15) is 0 Å². The summed E-state index contributed by atoms with van der Waals surface area (Å²) in [5, 5.41) is 2.64. The van der Waals surface area contributed by atoms with Crippen molar-refractivity contribution in [3.05, 3.63) is 128 Å². The van der Waals surface area contributed by atoms with E-state index in [9.17, 15) is 0 Å². The summed E-state index contributed by atoms with van der Waals surface area (Å²) in [7, 11) is 0. The van der Waals surface area contributed by atoms with E-state index in [0.717, 1.165) is 17.2 Å². The summed E-state index contributed by atoms with van der Waals surface area (Å²) >= 11 is 0.